The van der Waals surface area contributed by atoms with E-state index >= 15 is 0 Å². The fraction of sp³-hybridized carbons (Fsp3) is 0.434. The van der Waals surface area contributed by atoms with E-state index in [1.807, 2.05) is 54.6 Å². The van der Waals surface area contributed by atoms with Crippen molar-refractivity contribution in [2.24, 2.45) is 17.4 Å². The molecule has 10 atom stereocenters. The summed E-state index contributed by atoms with van der Waals surface area (Å²) in [6.07, 6.45) is 1.29. The van der Waals surface area contributed by atoms with Gasteiger partial charge in [0.25, 0.3) is 0 Å². The number of aromatic amines is 1. The third kappa shape index (κ3) is 16.1. The van der Waals surface area contributed by atoms with Gasteiger partial charge in [-0.2, -0.15) is 0 Å². The van der Waals surface area contributed by atoms with Crippen LogP contribution in [0.1, 0.15) is 68.2 Å². The first-order chi connectivity index (χ1) is 36.3. The lowest BCUT2D eigenvalue weighted by Gasteiger charge is -2.29. The van der Waals surface area contributed by atoms with Crippen LogP contribution in [-0.4, -0.2) is 145 Å². The number of ketones is 1. The molecule has 1 aliphatic heterocycles. The van der Waals surface area contributed by atoms with Crippen molar-refractivity contribution < 1.29 is 58.8 Å². The van der Waals surface area contributed by atoms with Crippen molar-refractivity contribution in [3.8, 4) is 5.75 Å². The number of amides is 6. The average molecular weight is 1090 g/mol. The van der Waals surface area contributed by atoms with Crippen LogP contribution < -0.4 is 43.4 Å². The number of H-pyrrole nitrogens is 1. The van der Waals surface area contributed by atoms with Gasteiger partial charge in [-0.15, -0.1) is 0 Å². The van der Waals surface area contributed by atoms with Crippen LogP contribution in [0.5, 0.6) is 5.75 Å². The van der Waals surface area contributed by atoms with E-state index in [2.05, 4.69) is 36.9 Å². The number of hydrogen-bond acceptors (Lipinski definition) is 15. The van der Waals surface area contributed by atoms with Crippen LogP contribution in [0.4, 0.5) is 0 Å². The third-order valence-electron chi connectivity index (χ3n) is 13.3. The third-order valence-corrected chi connectivity index (χ3v) is 15.7. The van der Waals surface area contributed by atoms with E-state index in [4.69, 9.17) is 11.5 Å². The number of benzene rings is 3. The Balaban J connectivity index is 1.39. The van der Waals surface area contributed by atoms with Crippen molar-refractivity contribution in [2.45, 2.75) is 120 Å². The van der Waals surface area contributed by atoms with Gasteiger partial charge in [-0.3, -0.25) is 33.6 Å². The second kappa shape index (κ2) is 27.9. The number of nitrogens with two attached hydrogens (primary N) is 2. The van der Waals surface area contributed by atoms with E-state index in [0.29, 0.717) is 24.8 Å². The first kappa shape index (κ1) is 58.5. The molecule has 76 heavy (non-hydrogen) atoms. The molecule has 1 fully saturated rings. The smallest absolute Gasteiger partial charge is 0.328 e. The van der Waals surface area contributed by atoms with Crippen molar-refractivity contribution in [2.75, 3.05) is 18.1 Å². The maximum atomic E-state index is 14.9. The molecule has 0 spiro atoms. The fourth-order valence-corrected chi connectivity index (χ4v) is 11.3. The van der Waals surface area contributed by atoms with Gasteiger partial charge in [0.05, 0.1) is 24.3 Å². The predicted molar refractivity (Wildman–Crippen MR) is 288 cm³/mol. The number of aliphatic hydroxyl groups is 2. The number of Topliss-reactive ketones (excluding diaryl/α,β-unsaturated/α-hetero) is 1. The van der Waals surface area contributed by atoms with E-state index in [9.17, 15) is 58.8 Å². The monoisotopic (exact) mass is 1090 g/mol. The number of aliphatic carboxylic acids is 1. The number of carboxylic acids is 1. The minimum absolute atomic E-state index is 0.000456. The minimum atomic E-state index is -1.81. The number of carboxylic acid groups (broad SMARTS) is 1. The summed E-state index contributed by atoms with van der Waals surface area (Å²) in [7, 11) is 1.94. The Morgan fingerprint density at radius 1 is 0.803 bits per heavy atom. The molecule has 0 bridgehead atoms. The van der Waals surface area contributed by atoms with E-state index < -0.39 is 114 Å². The van der Waals surface area contributed by atoms with Crippen molar-refractivity contribution in [1.82, 2.24) is 36.9 Å². The van der Waals surface area contributed by atoms with E-state index in [1.165, 1.54) is 19.1 Å². The van der Waals surface area contributed by atoms with Crippen LogP contribution >= 0.6 is 21.6 Å². The molecule has 2 heterocycles. The highest BCUT2D eigenvalue weighted by atomic mass is 33.1. The Labute approximate surface area is 447 Å². The molecule has 1 aliphatic carbocycles. The van der Waals surface area contributed by atoms with Crippen molar-refractivity contribution in [3.63, 3.8) is 0 Å². The molecule has 0 unspecified atom stereocenters. The fourth-order valence-electron chi connectivity index (χ4n) is 8.96. The maximum absolute atomic E-state index is 14.9. The number of nitrogens with one attached hydrogen (secondary N) is 7. The predicted octanol–water partition coefficient (Wildman–Crippen LogP) is 0.870. The summed E-state index contributed by atoms with van der Waals surface area (Å²) in [5.74, 6) is -9.15. The number of phenols is 1. The number of fused-ring (bicyclic) bond motifs is 2. The zero-order valence-corrected chi connectivity index (χ0v) is 43.8. The average Bonchev–Trinajstić information content (AvgIpc) is 4.00. The molecular formula is C53H67N9O12S2. The number of carbonyl (C=O) groups excluding carboxylic acids is 7. The highest BCUT2D eigenvalue weighted by Gasteiger charge is 2.37. The normalized spacial score (nSPS) is 22.8. The van der Waals surface area contributed by atoms with Crippen molar-refractivity contribution >= 4 is 85.3 Å². The number of phenolic OH excluding ortho intramolecular Hbond substituents is 1. The number of aromatic hydroxyl groups is 1. The Kier molecular flexibility index (Phi) is 21.4. The van der Waals surface area contributed by atoms with Gasteiger partial charge in [-0.1, -0.05) is 82.3 Å². The SMILES string of the molecule is C[C@@H](O)[C@H](NC(=O)[C@@H]1CSSC[C@H](NC(=O)[C@H](N)Cc2c[nH]c3ccccc23)C(=O)C[C@@H](Cc2ccc(O)cc2)C(=O)N[C@H](CC2=CCc3ccccc32)C(=O)N[C@@H](CCCCN)C(=O)N[C@@H]([C@@H](C)O)C(=O)N1)C(=O)O. The topological polar surface area (TPSA) is 357 Å². The van der Waals surface area contributed by atoms with Crippen LogP contribution in [0.3, 0.4) is 0 Å². The lowest BCUT2D eigenvalue weighted by Crippen LogP contribution is -2.62. The van der Waals surface area contributed by atoms with Gasteiger partial charge in [0.2, 0.25) is 35.4 Å². The second-order valence-corrected chi connectivity index (χ2v) is 21.6. The van der Waals surface area contributed by atoms with E-state index in [0.717, 1.165) is 61.7 Å². The molecule has 4 aromatic rings. The molecule has 1 aromatic heterocycles. The number of aliphatic hydroxyl groups excluding tert-OH is 2. The van der Waals surface area contributed by atoms with Crippen LogP contribution in [0.2, 0.25) is 0 Å². The van der Waals surface area contributed by atoms with Crippen LogP contribution in [0.15, 0.2) is 85.1 Å². The number of unbranched alkanes of at least 4 members (excludes halogenated alkanes) is 1. The molecule has 6 amide bonds. The van der Waals surface area contributed by atoms with Gasteiger partial charge in [0, 0.05) is 47.4 Å². The van der Waals surface area contributed by atoms with Gasteiger partial charge < -0.3 is 68.8 Å². The molecule has 23 heteroatoms. The van der Waals surface area contributed by atoms with Gasteiger partial charge in [-0.05, 0) is 105 Å². The molecule has 1 saturated heterocycles. The number of rotatable bonds is 17. The minimum Gasteiger partial charge on any atom is -0.508 e. The van der Waals surface area contributed by atoms with Gasteiger partial charge in [0.15, 0.2) is 11.8 Å². The summed E-state index contributed by atoms with van der Waals surface area (Å²) in [6.45, 7) is 2.60. The number of hydrogen-bond donors (Lipinski definition) is 13. The molecule has 2 aliphatic rings. The maximum Gasteiger partial charge on any atom is 0.328 e. The molecule has 3 aromatic carbocycles. The molecule has 408 valence electrons. The number of para-hydroxylation sites is 1. The molecule has 0 radical (unpaired) electrons. The van der Waals surface area contributed by atoms with E-state index in [-0.39, 0.29) is 49.5 Å². The number of aromatic nitrogens is 1. The number of allylic oxidation sites excluding steroid dienone is 1. The first-order valence-corrected chi connectivity index (χ1v) is 27.6. The zero-order valence-electron chi connectivity index (χ0n) is 42.2. The highest BCUT2D eigenvalue weighted by molar-refractivity contribution is 8.76. The van der Waals surface area contributed by atoms with E-state index in [1.54, 1.807) is 18.3 Å². The molecule has 6 rings (SSSR count). The summed E-state index contributed by atoms with van der Waals surface area (Å²) < 4.78 is 0. The second-order valence-electron chi connectivity index (χ2n) is 19.1. The van der Waals surface area contributed by atoms with Crippen molar-refractivity contribution in [1.29, 1.82) is 0 Å². The van der Waals surface area contributed by atoms with Crippen LogP contribution in [-0.2, 0) is 57.6 Å². The summed E-state index contributed by atoms with van der Waals surface area (Å²) in [6, 6.07) is 10.7. The molecular weight excluding hydrogens is 1020 g/mol. The summed E-state index contributed by atoms with van der Waals surface area (Å²) in [5, 5.41) is 57.5. The Hall–Kier alpha value is -6.76. The standard InChI is InChI=1S/C53H67N9O12S2/c1-28(63)45-52(72)60-43(51(71)62-46(29(2)64)53(73)74)27-76-75-26-42(59-48(68)38(55)22-34-25-56-39-12-6-5-11-37(34)39)44(66)24-33(21-30-14-18-35(65)19-15-30)47(67)58-41(23-32-17-16-31-9-3-4-10-36(31)32)50(70)57-40(49(69)61-45)13-7-8-20-54/h3-6,9-12,14-15,17-19,25,28-29,33,38,40-43,45-46,56,63-65H,7-8,13,16,20-24,26-27,54-55H2,1-2H3,(H,57,70)(H,58,67)(H,59,68)(H,60,72)(H,61,69)(H,62,71)(H,73,74)/t28-,29-,33-,38-,40+,41-,42+,43+,45+,46+/m1/s1. The lowest BCUT2D eigenvalue weighted by molar-refractivity contribution is -0.145. The zero-order chi connectivity index (χ0) is 55.1. The van der Waals surface area contributed by atoms with Crippen molar-refractivity contribution in [3.05, 3.63) is 107 Å². The van der Waals surface area contributed by atoms with Crippen LogP contribution in [0, 0.1) is 5.92 Å². The van der Waals surface area contributed by atoms with Gasteiger partial charge >= 0.3 is 5.97 Å². The molecule has 0 saturated carbocycles. The largest absolute Gasteiger partial charge is 0.508 e. The van der Waals surface area contributed by atoms with Crippen LogP contribution in [0.25, 0.3) is 16.5 Å². The molecule has 15 N–H and O–H groups in total. The van der Waals surface area contributed by atoms with Gasteiger partial charge in [-0.25, -0.2) is 4.79 Å². The molecule has 21 nitrogen and oxygen atoms in total. The highest BCUT2D eigenvalue weighted by Crippen LogP contribution is 2.31. The summed E-state index contributed by atoms with van der Waals surface area (Å²) in [5.41, 5.74) is 17.0. The summed E-state index contributed by atoms with van der Waals surface area (Å²) in [4.78, 5) is 116. The lowest BCUT2D eigenvalue weighted by atomic mass is 9.90. The Morgan fingerprint density at radius 2 is 1.49 bits per heavy atom. The first-order valence-electron chi connectivity index (χ1n) is 25.1. The van der Waals surface area contributed by atoms with Gasteiger partial charge in [0.1, 0.15) is 29.9 Å². The quantitative estimate of drug-likeness (QED) is 0.0515. The Bertz CT molecular complexity index is 2750. The number of carbonyl (C=O) groups is 8. The Morgan fingerprint density at radius 3 is 2.20 bits per heavy atom. The summed E-state index contributed by atoms with van der Waals surface area (Å²) >= 11 is 0.